The van der Waals surface area contributed by atoms with Gasteiger partial charge in [-0.3, -0.25) is 4.90 Å². The highest BCUT2D eigenvalue weighted by Crippen LogP contribution is 2.32. The summed E-state index contributed by atoms with van der Waals surface area (Å²) in [7, 11) is -0.128. The van der Waals surface area contributed by atoms with Gasteiger partial charge in [-0.05, 0) is 60.6 Å². The van der Waals surface area contributed by atoms with Crippen LogP contribution in [0.25, 0.3) is 22.2 Å². The zero-order valence-electron chi connectivity index (χ0n) is 18.3. The van der Waals surface area contributed by atoms with E-state index < -0.39 is 10.0 Å². The van der Waals surface area contributed by atoms with Gasteiger partial charge in [0, 0.05) is 18.2 Å². The van der Waals surface area contributed by atoms with Crippen LogP contribution in [-0.4, -0.2) is 50.2 Å². The molecule has 1 N–H and O–H groups in total. The van der Waals surface area contributed by atoms with E-state index in [-0.39, 0.29) is 17.0 Å². The molecule has 0 spiro atoms. The van der Waals surface area contributed by atoms with Gasteiger partial charge in [0.15, 0.2) is 0 Å². The number of nitrogens with zero attached hydrogens (tertiary/aromatic N) is 3. The van der Waals surface area contributed by atoms with Crippen molar-refractivity contribution in [2.75, 3.05) is 20.7 Å². The average Bonchev–Trinajstić information content (AvgIpc) is 3.45. The van der Waals surface area contributed by atoms with Crippen LogP contribution in [0.4, 0.5) is 0 Å². The molecule has 33 heavy (non-hydrogen) atoms. The maximum Gasteiger partial charge on any atom is 0.244 e. The van der Waals surface area contributed by atoms with Crippen LogP contribution in [0.5, 0.6) is 5.75 Å². The standard InChI is InChI=1S/C24H24N4O4S/c1-28-15-19(27-33(29,30)21-12-9-16-5-3-4-6-18(16)13-21)14-22(28)24-25-23(26-32-24)17-7-10-20(31-2)11-8-17/h3-13,19,22,27H,14-15H2,1-2H3. The Kier molecular flexibility index (Phi) is 5.61. The number of benzene rings is 3. The highest BCUT2D eigenvalue weighted by atomic mass is 32.2. The molecule has 4 aromatic rings. The Bertz CT molecular complexity index is 1390. The lowest BCUT2D eigenvalue weighted by Crippen LogP contribution is -2.36. The summed E-state index contributed by atoms with van der Waals surface area (Å²) in [6.07, 6.45) is 0.535. The molecule has 1 aliphatic rings. The molecule has 9 heteroatoms. The molecular formula is C24H24N4O4S. The van der Waals surface area contributed by atoms with Crippen molar-refractivity contribution in [3.8, 4) is 17.1 Å². The molecule has 170 valence electrons. The van der Waals surface area contributed by atoms with Crippen LogP contribution in [0.15, 0.2) is 76.1 Å². The summed E-state index contributed by atoms with van der Waals surface area (Å²) in [5, 5.41) is 5.99. The topological polar surface area (TPSA) is 97.6 Å². The number of likely N-dealkylation sites (tertiary alicyclic amines) is 1. The van der Waals surface area contributed by atoms with Crippen LogP contribution in [0.1, 0.15) is 18.4 Å². The monoisotopic (exact) mass is 464 g/mol. The number of sulfonamides is 1. The summed E-state index contributed by atoms with van der Waals surface area (Å²) in [5.41, 5.74) is 0.819. The molecule has 1 aliphatic heterocycles. The van der Waals surface area contributed by atoms with E-state index in [9.17, 15) is 8.42 Å². The average molecular weight is 465 g/mol. The number of hydrogen-bond donors (Lipinski definition) is 1. The Morgan fingerprint density at radius 3 is 2.58 bits per heavy atom. The van der Waals surface area contributed by atoms with Crippen molar-refractivity contribution in [1.29, 1.82) is 0 Å². The highest BCUT2D eigenvalue weighted by Gasteiger charge is 2.36. The number of rotatable bonds is 6. The Hall–Kier alpha value is -3.27. The second-order valence-corrected chi connectivity index (χ2v) is 9.92. The minimum Gasteiger partial charge on any atom is -0.497 e. The minimum absolute atomic E-state index is 0.172. The molecule has 0 saturated carbocycles. The number of methoxy groups -OCH3 is 1. The van der Waals surface area contributed by atoms with E-state index in [1.807, 2.05) is 66.5 Å². The van der Waals surface area contributed by atoms with E-state index >= 15 is 0 Å². The molecule has 0 aliphatic carbocycles. The molecule has 1 aromatic heterocycles. The Balaban J connectivity index is 1.31. The van der Waals surface area contributed by atoms with Crippen molar-refractivity contribution in [3.05, 3.63) is 72.6 Å². The molecule has 0 bridgehead atoms. The van der Waals surface area contributed by atoms with Crippen molar-refractivity contribution < 1.29 is 17.7 Å². The van der Waals surface area contributed by atoms with Crippen LogP contribution in [-0.2, 0) is 10.0 Å². The first-order valence-corrected chi connectivity index (χ1v) is 12.1. The normalized spacial score (nSPS) is 19.2. The van der Waals surface area contributed by atoms with Crippen molar-refractivity contribution in [2.45, 2.75) is 23.4 Å². The summed E-state index contributed by atoms with van der Waals surface area (Å²) >= 11 is 0. The van der Waals surface area contributed by atoms with Crippen LogP contribution in [0, 0.1) is 0 Å². The van der Waals surface area contributed by atoms with E-state index in [2.05, 4.69) is 14.9 Å². The molecule has 2 unspecified atom stereocenters. The lowest BCUT2D eigenvalue weighted by molar-refractivity contribution is 0.244. The third kappa shape index (κ3) is 4.35. The maximum atomic E-state index is 13.0. The Labute approximate surface area is 192 Å². The predicted molar refractivity (Wildman–Crippen MR) is 124 cm³/mol. The molecule has 5 rings (SSSR count). The zero-order valence-corrected chi connectivity index (χ0v) is 19.1. The van der Waals surface area contributed by atoms with Crippen molar-refractivity contribution >= 4 is 20.8 Å². The van der Waals surface area contributed by atoms with Gasteiger partial charge in [0.05, 0.1) is 18.0 Å². The summed E-state index contributed by atoms with van der Waals surface area (Å²) in [6, 6.07) is 19.8. The number of fused-ring (bicyclic) bond motifs is 1. The Morgan fingerprint density at radius 2 is 1.82 bits per heavy atom. The second kappa shape index (κ2) is 8.58. The third-order valence-corrected chi connectivity index (χ3v) is 7.49. The quantitative estimate of drug-likeness (QED) is 0.465. The minimum atomic E-state index is -3.66. The van der Waals surface area contributed by atoms with E-state index in [1.54, 1.807) is 19.2 Å². The van der Waals surface area contributed by atoms with Gasteiger partial charge in [-0.2, -0.15) is 4.98 Å². The fourth-order valence-corrected chi connectivity index (χ4v) is 5.50. The summed E-state index contributed by atoms with van der Waals surface area (Å²) in [4.78, 5) is 6.84. The van der Waals surface area contributed by atoms with Crippen LogP contribution in [0.3, 0.4) is 0 Å². The van der Waals surface area contributed by atoms with E-state index in [4.69, 9.17) is 9.26 Å². The van der Waals surface area contributed by atoms with Gasteiger partial charge in [-0.1, -0.05) is 35.5 Å². The molecule has 8 nitrogen and oxygen atoms in total. The number of aromatic nitrogens is 2. The SMILES string of the molecule is COc1ccc(-c2noc(C3CC(NS(=O)(=O)c4ccc5ccccc5c4)CN3C)n2)cc1. The van der Waals surface area contributed by atoms with Crippen LogP contribution < -0.4 is 9.46 Å². The van der Waals surface area contributed by atoms with E-state index in [0.29, 0.717) is 24.7 Å². The van der Waals surface area contributed by atoms with Gasteiger partial charge in [-0.25, -0.2) is 13.1 Å². The lowest BCUT2D eigenvalue weighted by Gasteiger charge is -2.14. The lowest BCUT2D eigenvalue weighted by atomic mass is 10.1. The Morgan fingerprint density at radius 1 is 1.06 bits per heavy atom. The molecule has 0 radical (unpaired) electrons. The summed E-state index contributed by atoms with van der Waals surface area (Å²) in [5.74, 6) is 1.71. The largest absolute Gasteiger partial charge is 0.497 e. The fraction of sp³-hybridized carbons (Fsp3) is 0.250. The van der Waals surface area contributed by atoms with E-state index in [1.165, 1.54) is 0 Å². The molecule has 2 atom stereocenters. The van der Waals surface area contributed by atoms with Gasteiger partial charge >= 0.3 is 0 Å². The van der Waals surface area contributed by atoms with Gasteiger partial charge in [0.25, 0.3) is 0 Å². The van der Waals surface area contributed by atoms with Gasteiger partial charge in [0.2, 0.25) is 21.7 Å². The molecule has 0 amide bonds. The van der Waals surface area contributed by atoms with Gasteiger partial charge in [-0.15, -0.1) is 0 Å². The first-order chi connectivity index (χ1) is 15.9. The van der Waals surface area contributed by atoms with Crippen LogP contribution >= 0.6 is 0 Å². The first kappa shape index (κ1) is 21.6. The molecule has 1 fully saturated rings. The molecular weight excluding hydrogens is 440 g/mol. The summed E-state index contributed by atoms with van der Waals surface area (Å²) < 4.78 is 39.6. The van der Waals surface area contributed by atoms with E-state index in [0.717, 1.165) is 22.1 Å². The summed E-state index contributed by atoms with van der Waals surface area (Å²) in [6.45, 7) is 0.539. The maximum absolute atomic E-state index is 13.0. The number of hydrogen-bond acceptors (Lipinski definition) is 7. The smallest absolute Gasteiger partial charge is 0.244 e. The van der Waals surface area contributed by atoms with Crippen molar-refractivity contribution in [2.24, 2.45) is 0 Å². The van der Waals surface area contributed by atoms with Gasteiger partial charge < -0.3 is 9.26 Å². The second-order valence-electron chi connectivity index (χ2n) is 8.20. The first-order valence-electron chi connectivity index (χ1n) is 10.6. The zero-order chi connectivity index (χ0) is 23.0. The number of ether oxygens (including phenoxy) is 1. The fourth-order valence-electron chi connectivity index (χ4n) is 4.22. The van der Waals surface area contributed by atoms with Gasteiger partial charge in [0.1, 0.15) is 5.75 Å². The van der Waals surface area contributed by atoms with Crippen molar-refractivity contribution in [3.63, 3.8) is 0 Å². The number of likely N-dealkylation sites (N-methyl/N-ethyl adjacent to an activating group) is 1. The van der Waals surface area contributed by atoms with Crippen LogP contribution in [0.2, 0.25) is 0 Å². The third-order valence-electron chi connectivity index (χ3n) is 5.98. The molecule has 3 aromatic carbocycles. The predicted octanol–water partition coefficient (Wildman–Crippen LogP) is 3.62. The molecule has 1 saturated heterocycles. The van der Waals surface area contributed by atoms with Crippen molar-refractivity contribution in [1.82, 2.24) is 19.8 Å². The molecule has 2 heterocycles. The highest BCUT2D eigenvalue weighted by molar-refractivity contribution is 7.89. The number of nitrogens with one attached hydrogen (secondary N) is 1.